The number of aliphatic imine (C=N–C) groups is 1. The first-order chi connectivity index (χ1) is 17.1. The maximum absolute atomic E-state index is 13.6. The van der Waals surface area contributed by atoms with Crippen molar-refractivity contribution in [3.8, 4) is 0 Å². The SMILES string of the molecule is CCCC[C@H](C(N)=O)C(CC(C)C)C(=O)N[C@H]1N=C(c2ccc(Cl)cc2)c2ccccc2N(C)C1=O. The molecule has 2 aromatic carbocycles. The second-order valence-electron chi connectivity index (χ2n) is 9.70. The number of rotatable bonds is 10. The molecule has 7 nitrogen and oxygen atoms in total. The molecule has 3 N–H and O–H groups in total. The van der Waals surface area contributed by atoms with E-state index in [2.05, 4.69) is 5.32 Å². The molecule has 1 unspecified atom stereocenters. The van der Waals surface area contributed by atoms with E-state index in [-0.39, 0.29) is 17.7 Å². The van der Waals surface area contributed by atoms with Crippen molar-refractivity contribution in [3.63, 3.8) is 0 Å². The van der Waals surface area contributed by atoms with Crippen molar-refractivity contribution in [2.75, 3.05) is 11.9 Å². The Morgan fingerprint density at radius 1 is 1.11 bits per heavy atom. The lowest BCUT2D eigenvalue weighted by molar-refractivity contribution is -0.136. The van der Waals surface area contributed by atoms with Crippen LogP contribution in [0.1, 0.15) is 57.6 Å². The minimum atomic E-state index is -1.16. The number of hydrogen-bond donors (Lipinski definition) is 2. The van der Waals surface area contributed by atoms with Gasteiger partial charge in [-0.2, -0.15) is 0 Å². The average Bonchev–Trinajstić information content (AvgIpc) is 2.94. The van der Waals surface area contributed by atoms with Crippen molar-refractivity contribution in [1.29, 1.82) is 0 Å². The van der Waals surface area contributed by atoms with E-state index in [9.17, 15) is 14.4 Å². The Kier molecular flexibility index (Phi) is 9.26. The number of carbonyl (C=O) groups is 3. The van der Waals surface area contributed by atoms with Gasteiger partial charge in [0.05, 0.1) is 11.4 Å². The van der Waals surface area contributed by atoms with E-state index in [1.807, 2.05) is 57.2 Å². The van der Waals surface area contributed by atoms with Crippen molar-refractivity contribution < 1.29 is 14.4 Å². The number of nitrogens with zero attached hydrogens (tertiary/aromatic N) is 2. The number of carbonyl (C=O) groups excluding carboxylic acids is 3. The second kappa shape index (κ2) is 12.2. The number of nitrogens with two attached hydrogens (primary N) is 1. The van der Waals surface area contributed by atoms with Gasteiger partial charge in [-0.05, 0) is 37.0 Å². The van der Waals surface area contributed by atoms with Gasteiger partial charge in [0.15, 0.2) is 0 Å². The number of nitrogens with one attached hydrogen (secondary N) is 1. The van der Waals surface area contributed by atoms with Crippen LogP contribution < -0.4 is 16.0 Å². The Morgan fingerprint density at radius 2 is 1.78 bits per heavy atom. The highest BCUT2D eigenvalue weighted by Crippen LogP contribution is 2.29. The van der Waals surface area contributed by atoms with Gasteiger partial charge in [-0.15, -0.1) is 0 Å². The molecule has 8 heteroatoms. The maximum atomic E-state index is 13.6. The maximum Gasteiger partial charge on any atom is 0.272 e. The number of halogens is 1. The molecule has 0 fully saturated rings. The predicted octanol–water partition coefficient (Wildman–Crippen LogP) is 4.55. The van der Waals surface area contributed by atoms with Crippen LogP contribution in [0, 0.1) is 17.8 Å². The van der Waals surface area contributed by atoms with Gasteiger partial charge >= 0.3 is 0 Å². The summed E-state index contributed by atoms with van der Waals surface area (Å²) in [5.74, 6) is -2.34. The molecule has 192 valence electrons. The number of hydrogen-bond acceptors (Lipinski definition) is 4. The Hall–Kier alpha value is -3.19. The number of para-hydroxylation sites is 1. The van der Waals surface area contributed by atoms with Gasteiger partial charge in [0, 0.05) is 35.0 Å². The van der Waals surface area contributed by atoms with Crippen LogP contribution in [0.5, 0.6) is 0 Å². The van der Waals surface area contributed by atoms with Crippen LogP contribution in [0.15, 0.2) is 53.5 Å². The van der Waals surface area contributed by atoms with E-state index in [4.69, 9.17) is 22.3 Å². The summed E-state index contributed by atoms with van der Waals surface area (Å²) >= 11 is 6.10. The first-order valence-electron chi connectivity index (χ1n) is 12.4. The second-order valence-corrected chi connectivity index (χ2v) is 10.1. The lowest BCUT2D eigenvalue weighted by Gasteiger charge is -2.27. The van der Waals surface area contributed by atoms with Gasteiger partial charge in [0.25, 0.3) is 5.91 Å². The minimum Gasteiger partial charge on any atom is -0.369 e. The third-order valence-electron chi connectivity index (χ3n) is 6.52. The van der Waals surface area contributed by atoms with Crippen molar-refractivity contribution in [3.05, 3.63) is 64.7 Å². The van der Waals surface area contributed by atoms with E-state index in [0.717, 1.165) is 24.0 Å². The lowest BCUT2D eigenvalue weighted by Crippen LogP contribution is -2.50. The molecule has 0 aromatic heterocycles. The van der Waals surface area contributed by atoms with Gasteiger partial charge in [0.2, 0.25) is 18.0 Å². The third-order valence-corrected chi connectivity index (χ3v) is 6.77. The summed E-state index contributed by atoms with van der Waals surface area (Å²) in [6.45, 7) is 6.02. The molecule has 1 heterocycles. The monoisotopic (exact) mass is 510 g/mol. The summed E-state index contributed by atoms with van der Waals surface area (Å²) in [6, 6.07) is 14.7. The molecular formula is C28H35ClN4O3. The molecule has 2 aromatic rings. The molecule has 0 radical (unpaired) electrons. The van der Waals surface area contributed by atoms with E-state index in [1.54, 1.807) is 19.2 Å². The number of benzodiazepines with no additional fused rings is 1. The van der Waals surface area contributed by atoms with Crippen LogP contribution >= 0.6 is 11.6 Å². The number of primary amides is 1. The fourth-order valence-corrected chi connectivity index (χ4v) is 4.75. The van der Waals surface area contributed by atoms with Crippen LogP contribution in [-0.2, 0) is 14.4 Å². The highest BCUT2D eigenvalue weighted by Gasteiger charge is 2.36. The molecule has 3 rings (SSSR count). The Labute approximate surface area is 218 Å². The van der Waals surface area contributed by atoms with Crippen molar-refractivity contribution in [2.45, 2.75) is 52.6 Å². The summed E-state index contributed by atoms with van der Waals surface area (Å²) in [6.07, 6.45) is 1.52. The molecule has 0 aliphatic carbocycles. The first-order valence-corrected chi connectivity index (χ1v) is 12.8. The smallest absolute Gasteiger partial charge is 0.272 e. The average molecular weight is 511 g/mol. The van der Waals surface area contributed by atoms with Crippen LogP contribution in [0.3, 0.4) is 0 Å². The van der Waals surface area contributed by atoms with E-state index < -0.39 is 23.9 Å². The number of amides is 3. The molecule has 1 aliphatic rings. The molecule has 0 spiro atoms. The van der Waals surface area contributed by atoms with Crippen LogP contribution in [-0.4, -0.2) is 36.6 Å². The summed E-state index contributed by atoms with van der Waals surface area (Å²) in [4.78, 5) is 45.7. The van der Waals surface area contributed by atoms with E-state index in [1.165, 1.54) is 4.90 Å². The Morgan fingerprint density at radius 3 is 2.39 bits per heavy atom. The zero-order valence-electron chi connectivity index (χ0n) is 21.3. The van der Waals surface area contributed by atoms with Gasteiger partial charge in [-0.25, -0.2) is 4.99 Å². The number of unbranched alkanes of at least 4 members (excludes halogenated alkanes) is 1. The fourth-order valence-electron chi connectivity index (χ4n) is 4.62. The van der Waals surface area contributed by atoms with E-state index in [0.29, 0.717) is 29.3 Å². The summed E-state index contributed by atoms with van der Waals surface area (Å²) < 4.78 is 0. The van der Waals surface area contributed by atoms with Crippen LogP contribution in [0.2, 0.25) is 5.02 Å². The topological polar surface area (TPSA) is 105 Å². The summed E-state index contributed by atoms with van der Waals surface area (Å²) in [7, 11) is 1.67. The fraction of sp³-hybridized carbons (Fsp3) is 0.429. The summed E-state index contributed by atoms with van der Waals surface area (Å²) in [5.41, 5.74) is 8.53. The van der Waals surface area contributed by atoms with Gasteiger partial charge in [-0.3, -0.25) is 14.4 Å². The summed E-state index contributed by atoms with van der Waals surface area (Å²) in [5, 5.41) is 3.43. The Balaban J connectivity index is 2.02. The van der Waals surface area contributed by atoms with Gasteiger partial charge in [0.1, 0.15) is 0 Å². The van der Waals surface area contributed by atoms with Crippen LogP contribution in [0.25, 0.3) is 0 Å². The largest absolute Gasteiger partial charge is 0.369 e. The zero-order valence-corrected chi connectivity index (χ0v) is 22.1. The Bertz CT molecular complexity index is 1130. The van der Waals surface area contributed by atoms with Gasteiger partial charge < -0.3 is 16.0 Å². The number of benzene rings is 2. The highest BCUT2D eigenvalue weighted by molar-refractivity contribution is 6.30. The molecule has 1 aliphatic heterocycles. The first kappa shape index (κ1) is 27.4. The van der Waals surface area contributed by atoms with Crippen molar-refractivity contribution in [1.82, 2.24) is 5.32 Å². The quantitative estimate of drug-likeness (QED) is 0.489. The zero-order chi connectivity index (χ0) is 26.4. The molecule has 0 bridgehead atoms. The standard InChI is InChI=1S/C28H35ClN4O3/c1-5-6-9-20(25(30)34)22(16-17(2)3)27(35)32-26-28(36)33(4)23-11-8-7-10-21(23)24(31-26)18-12-14-19(29)15-13-18/h7-8,10-15,17,20,22,26H,5-6,9,16H2,1-4H3,(H2,30,34)(H,32,35)/t20-,22?,26+/m0/s1. The van der Waals surface area contributed by atoms with Gasteiger partial charge in [-0.1, -0.05) is 75.5 Å². The molecule has 3 amide bonds. The minimum absolute atomic E-state index is 0.161. The third kappa shape index (κ3) is 6.32. The predicted molar refractivity (Wildman–Crippen MR) is 144 cm³/mol. The highest BCUT2D eigenvalue weighted by atomic mass is 35.5. The van der Waals surface area contributed by atoms with E-state index >= 15 is 0 Å². The normalized spacial score (nSPS) is 17.2. The number of anilines is 1. The molecule has 0 saturated heterocycles. The molecule has 0 saturated carbocycles. The number of likely N-dealkylation sites (N-methyl/N-ethyl adjacent to an activating group) is 1. The molecular weight excluding hydrogens is 476 g/mol. The number of fused-ring (bicyclic) bond motifs is 1. The van der Waals surface area contributed by atoms with Crippen LogP contribution in [0.4, 0.5) is 5.69 Å². The van der Waals surface area contributed by atoms with Crippen molar-refractivity contribution >= 4 is 40.7 Å². The molecule has 36 heavy (non-hydrogen) atoms. The lowest BCUT2D eigenvalue weighted by atomic mass is 9.81. The van der Waals surface area contributed by atoms with Crippen molar-refractivity contribution in [2.24, 2.45) is 28.5 Å². The molecule has 3 atom stereocenters.